The molecule has 0 spiro atoms. The highest BCUT2D eigenvalue weighted by Crippen LogP contribution is 2.10. The molecule has 9 heteroatoms. The van der Waals surface area contributed by atoms with Crippen LogP contribution in [0, 0.1) is 13.8 Å². The molecule has 0 aromatic carbocycles. The average Bonchev–Trinajstić information content (AvgIpc) is 3.31. The van der Waals surface area contributed by atoms with Crippen LogP contribution in [0.25, 0.3) is 5.82 Å². The first kappa shape index (κ1) is 20.5. The minimum Gasteiger partial charge on any atom is -0.357 e. The van der Waals surface area contributed by atoms with Gasteiger partial charge in [0.15, 0.2) is 11.8 Å². The maximum atomic E-state index is 4.66. The summed E-state index contributed by atoms with van der Waals surface area (Å²) in [6.45, 7) is 11.0. The Morgan fingerprint density at radius 2 is 2.03 bits per heavy atom. The predicted molar refractivity (Wildman–Crippen MR) is 113 cm³/mol. The molecule has 0 aliphatic rings. The van der Waals surface area contributed by atoms with E-state index in [1.54, 1.807) is 6.33 Å². The number of guanidine groups is 1. The van der Waals surface area contributed by atoms with Gasteiger partial charge in [-0.3, -0.25) is 0 Å². The van der Waals surface area contributed by atoms with Crippen molar-refractivity contribution in [2.45, 2.75) is 47.2 Å². The maximum Gasteiger partial charge on any atom is 0.191 e. The zero-order chi connectivity index (χ0) is 20.6. The summed E-state index contributed by atoms with van der Waals surface area (Å²) in [6, 6.07) is 6.05. The van der Waals surface area contributed by atoms with Gasteiger partial charge in [0.05, 0.1) is 12.2 Å². The number of hydrogen-bond donors (Lipinski definition) is 2. The Morgan fingerprint density at radius 3 is 2.69 bits per heavy atom. The second-order valence-corrected chi connectivity index (χ2v) is 6.78. The number of aliphatic imine (C=N–C) groups is 1. The lowest BCUT2D eigenvalue weighted by molar-refractivity contribution is 0.632. The molecule has 3 heterocycles. The van der Waals surface area contributed by atoms with Gasteiger partial charge in [-0.25, -0.2) is 14.7 Å². The molecule has 0 saturated heterocycles. The molecule has 3 aromatic heterocycles. The zero-order valence-corrected chi connectivity index (χ0v) is 17.6. The lowest BCUT2D eigenvalue weighted by Crippen LogP contribution is -2.38. The fourth-order valence-corrected chi connectivity index (χ4v) is 3.04. The first-order valence-corrected chi connectivity index (χ1v) is 9.98. The Kier molecular flexibility index (Phi) is 6.94. The molecule has 3 aromatic rings. The van der Waals surface area contributed by atoms with Crippen molar-refractivity contribution >= 4 is 5.96 Å². The lowest BCUT2D eigenvalue weighted by atomic mass is 10.3. The molecule has 0 unspecified atom stereocenters. The highest BCUT2D eigenvalue weighted by atomic mass is 15.3. The Bertz CT molecular complexity index is 937. The number of aryl methyl sites for hydroxylation is 3. The van der Waals surface area contributed by atoms with Crippen molar-refractivity contribution in [3.8, 4) is 5.82 Å². The standard InChI is InChI=1S/C20H29N9/c1-5-18-26-25-14-28(18)10-9-22-20(21-6-2)24-13-17-7-8-19(23-12-17)29-16(4)11-15(3)27-29/h7-8,11-12,14H,5-6,9-10,13H2,1-4H3,(H2,21,22,24). The molecule has 0 fully saturated rings. The van der Waals surface area contributed by atoms with Crippen molar-refractivity contribution in [2.24, 2.45) is 4.99 Å². The van der Waals surface area contributed by atoms with E-state index in [0.29, 0.717) is 6.54 Å². The predicted octanol–water partition coefficient (Wildman–Crippen LogP) is 1.79. The van der Waals surface area contributed by atoms with E-state index in [1.807, 2.05) is 42.9 Å². The summed E-state index contributed by atoms with van der Waals surface area (Å²) in [6.07, 6.45) is 4.49. The van der Waals surface area contributed by atoms with E-state index in [0.717, 1.165) is 60.6 Å². The topological polar surface area (TPSA) is 97.8 Å². The van der Waals surface area contributed by atoms with E-state index in [2.05, 4.69) is 54.3 Å². The van der Waals surface area contributed by atoms with E-state index < -0.39 is 0 Å². The van der Waals surface area contributed by atoms with Crippen LogP contribution in [0.5, 0.6) is 0 Å². The number of nitrogens with one attached hydrogen (secondary N) is 2. The van der Waals surface area contributed by atoms with E-state index >= 15 is 0 Å². The summed E-state index contributed by atoms with van der Waals surface area (Å²) in [4.78, 5) is 9.20. The van der Waals surface area contributed by atoms with Crippen molar-refractivity contribution < 1.29 is 0 Å². The zero-order valence-electron chi connectivity index (χ0n) is 17.6. The van der Waals surface area contributed by atoms with Crippen LogP contribution in [-0.4, -0.2) is 48.6 Å². The number of aromatic nitrogens is 6. The van der Waals surface area contributed by atoms with Gasteiger partial charge in [-0.1, -0.05) is 13.0 Å². The third kappa shape index (κ3) is 5.40. The van der Waals surface area contributed by atoms with Gasteiger partial charge >= 0.3 is 0 Å². The summed E-state index contributed by atoms with van der Waals surface area (Å²) in [5.74, 6) is 2.58. The average molecular weight is 396 g/mol. The Labute approximate surface area is 171 Å². The van der Waals surface area contributed by atoms with Crippen LogP contribution in [0.15, 0.2) is 35.7 Å². The summed E-state index contributed by atoms with van der Waals surface area (Å²) in [5, 5.41) is 19.2. The fourth-order valence-electron chi connectivity index (χ4n) is 3.04. The molecule has 0 bridgehead atoms. The fraction of sp³-hybridized carbons (Fsp3) is 0.450. The molecular formula is C20H29N9. The summed E-state index contributed by atoms with van der Waals surface area (Å²) in [7, 11) is 0. The maximum absolute atomic E-state index is 4.66. The number of hydrogen-bond acceptors (Lipinski definition) is 5. The van der Waals surface area contributed by atoms with Crippen molar-refractivity contribution in [1.29, 1.82) is 0 Å². The van der Waals surface area contributed by atoms with Crippen molar-refractivity contribution in [2.75, 3.05) is 13.1 Å². The minimum absolute atomic E-state index is 0.548. The quantitative estimate of drug-likeness (QED) is 0.446. The van der Waals surface area contributed by atoms with Crippen LogP contribution in [0.2, 0.25) is 0 Å². The molecule has 0 saturated carbocycles. The molecule has 0 radical (unpaired) electrons. The lowest BCUT2D eigenvalue weighted by Gasteiger charge is -2.12. The molecule has 0 amide bonds. The molecule has 9 nitrogen and oxygen atoms in total. The third-order valence-electron chi connectivity index (χ3n) is 4.46. The number of nitrogens with zero attached hydrogens (tertiary/aromatic N) is 7. The minimum atomic E-state index is 0.548. The molecule has 0 aliphatic heterocycles. The van der Waals surface area contributed by atoms with Crippen LogP contribution < -0.4 is 10.6 Å². The van der Waals surface area contributed by atoms with Gasteiger partial charge in [-0.05, 0) is 38.5 Å². The largest absolute Gasteiger partial charge is 0.357 e. The highest BCUT2D eigenvalue weighted by molar-refractivity contribution is 5.79. The van der Waals surface area contributed by atoms with Crippen molar-refractivity contribution in [3.05, 3.63) is 53.5 Å². The smallest absolute Gasteiger partial charge is 0.191 e. The van der Waals surface area contributed by atoms with Crippen LogP contribution in [0.3, 0.4) is 0 Å². The second kappa shape index (κ2) is 9.81. The highest BCUT2D eigenvalue weighted by Gasteiger charge is 2.05. The molecule has 0 atom stereocenters. The first-order chi connectivity index (χ1) is 14.1. The van der Waals surface area contributed by atoms with Gasteiger partial charge < -0.3 is 15.2 Å². The summed E-state index contributed by atoms with van der Waals surface area (Å²) in [5.41, 5.74) is 3.09. The molecule has 0 aliphatic carbocycles. The van der Waals surface area contributed by atoms with Gasteiger partial charge in [-0.15, -0.1) is 10.2 Å². The molecule has 154 valence electrons. The van der Waals surface area contributed by atoms with E-state index in [9.17, 15) is 0 Å². The van der Waals surface area contributed by atoms with Gasteiger partial charge in [-0.2, -0.15) is 5.10 Å². The monoisotopic (exact) mass is 395 g/mol. The van der Waals surface area contributed by atoms with Gasteiger partial charge in [0.25, 0.3) is 0 Å². The number of rotatable bonds is 8. The van der Waals surface area contributed by atoms with Gasteiger partial charge in [0.1, 0.15) is 12.2 Å². The third-order valence-corrected chi connectivity index (χ3v) is 4.46. The SMILES string of the molecule is CCNC(=NCc1ccc(-n2nc(C)cc2C)nc1)NCCn1cnnc1CC. The van der Waals surface area contributed by atoms with Crippen molar-refractivity contribution in [3.63, 3.8) is 0 Å². The van der Waals surface area contributed by atoms with Crippen LogP contribution in [0.4, 0.5) is 0 Å². The molecule has 29 heavy (non-hydrogen) atoms. The van der Waals surface area contributed by atoms with Crippen LogP contribution in [-0.2, 0) is 19.5 Å². The Morgan fingerprint density at radius 1 is 1.17 bits per heavy atom. The van der Waals surface area contributed by atoms with Gasteiger partial charge in [0.2, 0.25) is 0 Å². The van der Waals surface area contributed by atoms with E-state index in [-0.39, 0.29) is 0 Å². The van der Waals surface area contributed by atoms with Crippen LogP contribution in [0.1, 0.15) is 36.6 Å². The second-order valence-electron chi connectivity index (χ2n) is 6.78. The summed E-state index contributed by atoms with van der Waals surface area (Å²) >= 11 is 0. The van der Waals surface area contributed by atoms with E-state index in [4.69, 9.17) is 0 Å². The summed E-state index contributed by atoms with van der Waals surface area (Å²) < 4.78 is 3.90. The first-order valence-electron chi connectivity index (χ1n) is 9.98. The van der Waals surface area contributed by atoms with Gasteiger partial charge in [0, 0.05) is 37.9 Å². The Balaban J connectivity index is 1.58. The normalized spacial score (nSPS) is 11.7. The molecule has 2 N–H and O–H groups in total. The van der Waals surface area contributed by atoms with Crippen LogP contribution >= 0.6 is 0 Å². The number of pyridine rings is 1. The molecular weight excluding hydrogens is 366 g/mol. The van der Waals surface area contributed by atoms with E-state index in [1.165, 1.54) is 0 Å². The van der Waals surface area contributed by atoms with Crippen molar-refractivity contribution in [1.82, 2.24) is 40.2 Å². The molecule has 3 rings (SSSR count). The Hall–Kier alpha value is -3.23.